The number of hydrogen-bond donors (Lipinski definition) is 2. The molecule has 24 heavy (non-hydrogen) atoms. The number of carbonyl (C=O) groups excluding carboxylic acids is 1. The molecule has 2 N–H and O–H groups in total. The normalized spacial score (nSPS) is 22.8. The van der Waals surface area contributed by atoms with E-state index in [9.17, 15) is 23.1 Å². The summed E-state index contributed by atoms with van der Waals surface area (Å²) in [4.78, 5) is 13.8. The van der Waals surface area contributed by atoms with Gasteiger partial charge in [0.2, 0.25) is 0 Å². The highest BCUT2D eigenvalue weighted by molar-refractivity contribution is 5.74. The van der Waals surface area contributed by atoms with Gasteiger partial charge in [0.25, 0.3) is 0 Å². The number of piperidine rings is 1. The van der Waals surface area contributed by atoms with Crippen molar-refractivity contribution in [2.24, 2.45) is 5.92 Å². The standard InChI is InChI=1S/C16H21F3N2O3/c1-10-7-8-21(9-14(10)22)15(23)20-11(2)12-3-5-13(6-4-12)24-16(17,18)19/h3-6,10-11,14,22H,7-9H2,1-2H3,(H,20,23). The number of aliphatic hydroxyl groups is 1. The smallest absolute Gasteiger partial charge is 0.406 e. The van der Waals surface area contributed by atoms with Gasteiger partial charge in [-0.15, -0.1) is 13.2 Å². The van der Waals surface area contributed by atoms with Crippen molar-refractivity contribution in [1.29, 1.82) is 0 Å². The SMILES string of the molecule is CC(NC(=O)N1CCC(C)C(O)C1)c1ccc(OC(F)(F)F)cc1. The topological polar surface area (TPSA) is 61.8 Å². The van der Waals surface area contributed by atoms with Crippen molar-refractivity contribution < 1.29 is 27.8 Å². The summed E-state index contributed by atoms with van der Waals surface area (Å²) in [5, 5.41) is 12.6. The Kier molecular flexibility index (Phi) is 5.58. The predicted molar refractivity (Wildman–Crippen MR) is 81.4 cm³/mol. The van der Waals surface area contributed by atoms with Crippen molar-refractivity contribution in [2.75, 3.05) is 13.1 Å². The molecule has 0 saturated carbocycles. The van der Waals surface area contributed by atoms with E-state index in [1.165, 1.54) is 24.3 Å². The number of likely N-dealkylation sites (tertiary alicyclic amines) is 1. The summed E-state index contributed by atoms with van der Waals surface area (Å²) in [5.74, 6) is -0.148. The maximum Gasteiger partial charge on any atom is 0.573 e. The minimum atomic E-state index is -4.73. The largest absolute Gasteiger partial charge is 0.573 e. The fourth-order valence-electron chi connectivity index (χ4n) is 2.55. The number of rotatable bonds is 3. The van der Waals surface area contributed by atoms with Crippen LogP contribution in [0.5, 0.6) is 5.75 Å². The third-order valence-electron chi connectivity index (χ3n) is 4.16. The van der Waals surface area contributed by atoms with Gasteiger partial charge >= 0.3 is 12.4 Å². The molecule has 1 fully saturated rings. The first-order chi connectivity index (χ1) is 11.2. The monoisotopic (exact) mass is 346 g/mol. The van der Waals surface area contributed by atoms with Crippen LogP contribution in [0.3, 0.4) is 0 Å². The van der Waals surface area contributed by atoms with Crippen molar-refractivity contribution in [3.05, 3.63) is 29.8 Å². The molecule has 0 spiro atoms. The summed E-state index contributed by atoms with van der Waals surface area (Å²) in [6.07, 6.45) is -4.54. The van der Waals surface area contributed by atoms with Crippen LogP contribution in [0.4, 0.5) is 18.0 Å². The molecule has 3 atom stereocenters. The lowest BCUT2D eigenvalue weighted by Crippen LogP contribution is -2.50. The number of alkyl halides is 3. The van der Waals surface area contributed by atoms with E-state index in [0.717, 1.165) is 6.42 Å². The van der Waals surface area contributed by atoms with Crippen LogP contribution in [0.15, 0.2) is 24.3 Å². The van der Waals surface area contributed by atoms with Gasteiger partial charge in [-0.3, -0.25) is 0 Å². The van der Waals surface area contributed by atoms with Crippen molar-refractivity contribution in [3.8, 4) is 5.75 Å². The molecule has 1 aliphatic rings. The number of benzene rings is 1. The van der Waals surface area contributed by atoms with Gasteiger partial charge in [-0.25, -0.2) is 4.79 Å². The summed E-state index contributed by atoms with van der Waals surface area (Å²) in [6, 6.07) is 4.67. The van der Waals surface area contributed by atoms with Gasteiger partial charge < -0.3 is 20.1 Å². The number of aliphatic hydroxyl groups excluding tert-OH is 1. The lowest BCUT2D eigenvalue weighted by Gasteiger charge is -2.35. The summed E-state index contributed by atoms with van der Waals surface area (Å²) < 4.78 is 40.2. The summed E-state index contributed by atoms with van der Waals surface area (Å²) in [6.45, 7) is 4.51. The number of amides is 2. The van der Waals surface area contributed by atoms with E-state index >= 15 is 0 Å². The van der Waals surface area contributed by atoms with E-state index in [4.69, 9.17) is 0 Å². The molecule has 0 bridgehead atoms. The van der Waals surface area contributed by atoms with Gasteiger partial charge in [0.05, 0.1) is 12.1 Å². The Hall–Kier alpha value is -1.96. The second-order valence-electron chi connectivity index (χ2n) is 6.07. The Bertz CT molecular complexity index is 563. The number of β-amino-alcohol motifs (C(OH)–C–C–N with tert-alkyl or cyclic N) is 1. The minimum Gasteiger partial charge on any atom is -0.406 e. The van der Waals surface area contributed by atoms with Crippen LogP contribution < -0.4 is 10.1 Å². The number of halogens is 3. The van der Waals surface area contributed by atoms with Crippen LogP contribution in [-0.2, 0) is 0 Å². The van der Waals surface area contributed by atoms with Crippen molar-refractivity contribution in [1.82, 2.24) is 10.2 Å². The zero-order chi connectivity index (χ0) is 17.9. The Morgan fingerprint density at radius 1 is 1.38 bits per heavy atom. The molecule has 134 valence electrons. The second-order valence-corrected chi connectivity index (χ2v) is 6.07. The quantitative estimate of drug-likeness (QED) is 0.884. The van der Waals surface area contributed by atoms with E-state index in [0.29, 0.717) is 12.1 Å². The number of nitrogens with zero attached hydrogens (tertiary/aromatic N) is 1. The van der Waals surface area contributed by atoms with Crippen LogP contribution in [0.2, 0.25) is 0 Å². The van der Waals surface area contributed by atoms with Gasteiger partial charge in [-0.1, -0.05) is 19.1 Å². The molecule has 0 aliphatic carbocycles. The Balaban J connectivity index is 1.92. The molecule has 1 saturated heterocycles. The first-order valence-corrected chi connectivity index (χ1v) is 7.75. The highest BCUT2D eigenvalue weighted by Crippen LogP contribution is 2.24. The molecule has 2 rings (SSSR count). The molecular formula is C16H21F3N2O3. The number of ether oxygens (including phenoxy) is 1. The average molecular weight is 346 g/mol. The molecule has 1 aromatic carbocycles. The fraction of sp³-hybridized carbons (Fsp3) is 0.562. The molecular weight excluding hydrogens is 325 g/mol. The average Bonchev–Trinajstić information content (AvgIpc) is 2.49. The lowest BCUT2D eigenvalue weighted by molar-refractivity contribution is -0.274. The summed E-state index contributed by atoms with van der Waals surface area (Å²) >= 11 is 0. The van der Waals surface area contributed by atoms with E-state index in [-0.39, 0.29) is 30.3 Å². The number of nitrogens with one attached hydrogen (secondary N) is 1. The molecule has 0 radical (unpaired) electrons. The second kappa shape index (κ2) is 7.29. The van der Waals surface area contributed by atoms with Crippen molar-refractivity contribution in [3.63, 3.8) is 0 Å². The number of urea groups is 1. The van der Waals surface area contributed by atoms with E-state index in [2.05, 4.69) is 10.1 Å². The van der Waals surface area contributed by atoms with E-state index < -0.39 is 12.5 Å². The molecule has 3 unspecified atom stereocenters. The lowest BCUT2D eigenvalue weighted by atomic mass is 9.96. The third-order valence-corrected chi connectivity index (χ3v) is 4.16. The van der Waals surface area contributed by atoms with Crippen molar-refractivity contribution in [2.45, 2.75) is 38.8 Å². The molecule has 1 heterocycles. The molecule has 2 amide bonds. The summed E-state index contributed by atoms with van der Waals surface area (Å²) in [7, 11) is 0. The molecule has 0 aromatic heterocycles. The van der Waals surface area contributed by atoms with E-state index in [1.807, 2.05) is 6.92 Å². The van der Waals surface area contributed by atoms with Gasteiger partial charge in [0, 0.05) is 13.1 Å². The number of carbonyl (C=O) groups is 1. The van der Waals surface area contributed by atoms with Gasteiger partial charge in [-0.2, -0.15) is 0 Å². The first-order valence-electron chi connectivity index (χ1n) is 7.75. The molecule has 5 nitrogen and oxygen atoms in total. The van der Waals surface area contributed by atoms with Gasteiger partial charge in [0.1, 0.15) is 5.75 Å². The highest BCUT2D eigenvalue weighted by Gasteiger charge is 2.31. The van der Waals surface area contributed by atoms with E-state index in [1.54, 1.807) is 11.8 Å². The van der Waals surface area contributed by atoms with Crippen LogP contribution in [-0.4, -0.2) is 41.6 Å². The van der Waals surface area contributed by atoms with Crippen LogP contribution in [0, 0.1) is 5.92 Å². The molecule has 8 heteroatoms. The Labute approximate surface area is 138 Å². The summed E-state index contributed by atoms with van der Waals surface area (Å²) in [5.41, 5.74) is 0.656. The highest BCUT2D eigenvalue weighted by atomic mass is 19.4. The fourth-order valence-corrected chi connectivity index (χ4v) is 2.55. The number of hydrogen-bond acceptors (Lipinski definition) is 3. The zero-order valence-corrected chi connectivity index (χ0v) is 13.5. The Morgan fingerprint density at radius 2 is 2.00 bits per heavy atom. The zero-order valence-electron chi connectivity index (χ0n) is 13.5. The van der Waals surface area contributed by atoms with Crippen LogP contribution in [0.25, 0.3) is 0 Å². The predicted octanol–water partition coefficient (Wildman–Crippen LogP) is 3.06. The molecule has 1 aliphatic heterocycles. The minimum absolute atomic E-state index is 0.160. The first kappa shape index (κ1) is 18.4. The van der Waals surface area contributed by atoms with Crippen LogP contribution in [0.1, 0.15) is 31.9 Å². The van der Waals surface area contributed by atoms with Gasteiger partial charge in [0.15, 0.2) is 0 Å². The van der Waals surface area contributed by atoms with Crippen molar-refractivity contribution >= 4 is 6.03 Å². The van der Waals surface area contributed by atoms with Gasteiger partial charge in [-0.05, 0) is 37.0 Å². The molecule has 1 aromatic rings. The van der Waals surface area contributed by atoms with Crippen LogP contribution >= 0.6 is 0 Å². The third kappa shape index (κ3) is 5.02. The maximum atomic E-state index is 12.2. The maximum absolute atomic E-state index is 12.2. The Morgan fingerprint density at radius 3 is 2.54 bits per heavy atom.